The van der Waals surface area contributed by atoms with Crippen molar-refractivity contribution in [2.75, 3.05) is 81.6 Å². The van der Waals surface area contributed by atoms with E-state index in [1.165, 1.54) is 42.5 Å². The van der Waals surface area contributed by atoms with E-state index >= 15 is 0 Å². The number of piperazine rings is 1. The standard InChI is InChI=1S/C58H80N8O6S2/c1-9-11-16-40(3)48-38-58(5,6)29-27-43(48)39-64-33-35-65(36-34-64)45-22-20-42(21-23-45)54(67)61-74(71,72)46-24-26-50(52(73)37-46)63(8)44(10-2)28-32-62(7)31-14-12-13-30-59-49-18-15-17-47-53(49)57(70)66(56(47)69)51-25-19-41(4)60-55(51)68/h15,17-18,20-24,26,37,44,51,59,73H,3-4,9-14,16,19,25,27-36,38-39H2,1-2,5-8H3,(H,60,68)(H,61,67). The Bertz CT molecular complexity index is 2710. The van der Waals surface area contributed by atoms with Gasteiger partial charge in [-0.3, -0.25) is 29.0 Å². The molecule has 4 amide bonds. The van der Waals surface area contributed by atoms with Gasteiger partial charge in [0.25, 0.3) is 27.7 Å². The molecule has 0 radical (unpaired) electrons. The summed E-state index contributed by atoms with van der Waals surface area (Å²) in [5, 5.41) is 6.04. The van der Waals surface area contributed by atoms with Crippen LogP contribution >= 0.6 is 12.6 Å². The Morgan fingerprint density at radius 2 is 1.68 bits per heavy atom. The van der Waals surface area contributed by atoms with E-state index in [1.54, 1.807) is 42.0 Å². The van der Waals surface area contributed by atoms with Crippen molar-refractivity contribution in [1.82, 2.24) is 24.7 Å². The Hall–Kier alpha value is -5.42. The average Bonchev–Trinajstić information content (AvgIpc) is 3.63. The number of nitrogens with zero attached hydrogens (tertiary/aromatic N) is 5. The van der Waals surface area contributed by atoms with Gasteiger partial charge in [0.05, 0.1) is 21.7 Å². The highest BCUT2D eigenvalue weighted by Gasteiger charge is 2.45. The van der Waals surface area contributed by atoms with Crippen LogP contribution in [0.15, 0.2) is 106 Å². The minimum Gasteiger partial charge on any atom is -0.384 e. The first-order valence-corrected chi connectivity index (χ1v) is 28.7. The molecule has 2 unspecified atom stereocenters. The summed E-state index contributed by atoms with van der Waals surface area (Å²) in [5.41, 5.74) is 8.64. The molecule has 3 N–H and O–H groups in total. The maximum atomic E-state index is 13.5. The maximum Gasteiger partial charge on any atom is 0.264 e. The number of anilines is 3. The van der Waals surface area contributed by atoms with Crippen LogP contribution in [0.25, 0.3) is 0 Å². The molecule has 16 heteroatoms. The predicted octanol–water partition coefficient (Wildman–Crippen LogP) is 9.68. The molecule has 3 heterocycles. The Morgan fingerprint density at radius 3 is 2.36 bits per heavy atom. The second-order valence-electron chi connectivity index (χ2n) is 21.6. The van der Waals surface area contributed by atoms with Crippen LogP contribution in [0.1, 0.15) is 142 Å². The number of fused-ring (bicyclic) bond motifs is 1. The average molecular weight is 1050 g/mol. The molecular weight excluding hydrogens is 969 g/mol. The summed E-state index contributed by atoms with van der Waals surface area (Å²) < 4.78 is 29.4. The summed E-state index contributed by atoms with van der Waals surface area (Å²) in [6.45, 7) is 24.5. The minimum absolute atomic E-state index is 0.0317. The van der Waals surface area contributed by atoms with Crippen molar-refractivity contribution in [3.63, 3.8) is 0 Å². The molecule has 0 bridgehead atoms. The van der Waals surface area contributed by atoms with E-state index < -0.39 is 33.8 Å². The minimum atomic E-state index is -4.18. The van der Waals surface area contributed by atoms with E-state index in [1.807, 2.05) is 19.2 Å². The number of piperidine rings is 1. The second-order valence-corrected chi connectivity index (χ2v) is 23.8. The third-order valence-corrected chi connectivity index (χ3v) is 17.3. The summed E-state index contributed by atoms with van der Waals surface area (Å²) in [5.74, 6) is -1.96. The molecule has 3 aliphatic heterocycles. The summed E-state index contributed by atoms with van der Waals surface area (Å²) in [4.78, 5) is 63.6. The highest BCUT2D eigenvalue weighted by atomic mass is 32.2. The first-order chi connectivity index (χ1) is 35.3. The number of amides is 4. The van der Waals surface area contributed by atoms with Crippen molar-refractivity contribution < 1.29 is 27.6 Å². The number of carbonyl (C=O) groups is 4. The number of unbranched alkanes of at least 4 members (excludes halogenated alkanes) is 3. The van der Waals surface area contributed by atoms with E-state index in [0.717, 1.165) is 113 Å². The molecule has 3 aromatic carbocycles. The van der Waals surface area contributed by atoms with Gasteiger partial charge in [0.2, 0.25) is 5.91 Å². The van der Waals surface area contributed by atoms with Gasteiger partial charge in [-0.2, -0.15) is 0 Å². The van der Waals surface area contributed by atoms with Crippen LogP contribution in [0.4, 0.5) is 17.1 Å². The van der Waals surface area contributed by atoms with Crippen molar-refractivity contribution >= 4 is 63.3 Å². The predicted molar refractivity (Wildman–Crippen MR) is 301 cm³/mol. The first-order valence-electron chi connectivity index (χ1n) is 26.8. The van der Waals surface area contributed by atoms with Crippen LogP contribution in [0.3, 0.4) is 0 Å². The SMILES string of the molecule is C=C1CCC(N2C(=O)c3cccc(NCCCCCN(C)CCC(CC)N(C)c4ccc(S(=O)(=O)NC(=O)c5ccc(N6CCN(CC7=C(C(=C)CCCC)CC(C)(C)CC7)CC6)cc5)cc4S)c3C2=O)C(=O)N1. The van der Waals surface area contributed by atoms with Crippen LogP contribution in [0.2, 0.25) is 0 Å². The number of carbonyl (C=O) groups excluding carboxylic acids is 4. The highest BCUT2D eigenvalue weighted by molar-refractivity contribution is 7.90. The van der Waals surface area contributed by atoms with Crippen LogP contribution in [-0.4, -0.2) is 125 Å². The number of hydrogen-bond acceptors (Lipinski definition) is 12. The Labute approximate surface area is 446 Å². The Balaban J connectivity index is 0.828. The third kappa shape index (κ3) is 13.7. The Kier molecular flexibility index (Phi) is 19.0. The molecule has 2 atom stereocenters. The van der Waals surface area contributed by atoms with Gasteiger partial charge >= 0.3 is 0 Å². The lowest BCUT2D eigenvalue weighted by Crippen LogP contribution is -2.51. The molecule has 1 aliphatic carbocycles. The molecule has 3 aromatic rings. The highest BCUT2D eigenvalue weighted by Crippen LogP contribution is 2.42. The monoisotopic (exact) mass is 1050 g/mol. The number of thiol groups is 1. The number of hydrogen-bond donors (Lipinski definition) is 4. The number of imide groups is 1. The van der Waals surface area contributed by atoms with Crippen molar-refractivity contribution in [3.8, 4) is 0 Å². The molecule has 0 aromatic heterocycles. The van der Waals surface area contributed by atoms with Gasteiger partial charge in [0.15, 0.2) is 0 Å². The molecule has 7 rings (SSSR count). The van der Waals surface area contributed by atoms with Gasteiger partial charge in [-0.05, 0) is 156 Å². The van der Waals surface area contributed by atoms with Gasteiger partial charge in [0.1, 0.15) is 6.04 Å². The van der Waals surface area contributed by atoms with Crippen molar-refractivity contribution in [1.29, 1.82) is 0 Å². The summed E-state index contributed by atoms with van der Waals surface area (Å²) in [7, 11) is -0.0651. The molecule has 2 saturated heterocycles. The van der Waals surface area contributed by atoms with Gasteiger partial charge < -0.3 is 25.3 Å². The molecule has 2 fully saturated rings. The first kappa shape index (κ1) is 56.3. The number of rotatable bonds is 24. The molecule has 0 spiro atoms. The van der Waals surface area contributed by atoms with Crippen molar-refractivity contribution in [2.45, 2.75) is 133 Å². The maximum absolute atomic E-state index is 13.5. The van der Waals surface area contributed by atoms with Gasteiger partial charge in [-0.15, -0.1) is 12.6 Å². The molecule has 400 valence electrons. The fourth-order valence-electron chi connectivity index (χ4n) is 10.9. The lowest BCUT2D eigenvalue weighted by Gasteiger charge is -2.39. The van der Waals surface area contributed by atoms with Crippen LogP contribution in [0.5, 0.6) is 0 Å². The van der Waals surface area contributed by atoms with Crippen LogP contribution < -0.4 is 25.2 Å². The molecule has 0 saturated carbocycles. The molecular formula is C58H80N8O6S2. The number of sulfonamides is 1. The fraction of sp³-hybridized carbons (Fsp3) is 0.517. The zero-order chi connectivity index (χ0) is 53.3. The summed E-state index contributed by atoms with van der Waals surface area (Å²) in [6.07, 6.45) is 12.4. The largest absolute Gasteiger partial charge is 0.384 e. The van der Waals surface area contributed by atoms with E-state index in [-0.39, 0.29) is 22.4 Å². The third-order valence-electron chi connectivity index (χ3n) is 15.6. The topological polar surface area (TPSA) is 155 Å². The lowest BCUT2D eigenvalue weighted by molar-refractivity contribution is -0.125. The van der Waals surface area contributed by atoms with Crippen LogP contribution in [0, 0.1) is 5.41 Å². The molecule has 4 aliphatic rings. The van der Waals surface area contributed by atoms with Crippen LogP contribution in [-0.2, 0) is 14.8 Å². The smallest absolute Gasteiger partial charge is 0.264 e. The van der Waals surface area contributed by atoms with E-state index in [2.05, 4.69) is 82.9 Å². The van der Waals surface area contributed by atoms with Gasteiger partial charge in [-0.1, -0.05) is 70.9 Å². The zero-order valence-electron chi connectivity index (χ0n) is 44.7. The number of allylic oxidation sites excluding steroid dienone is 3. The molecule has 74 heavy (non-hydrogen) atoms. The Morgan fingerprint density at radius 1 is 0.932 bits per heavy atom. The second kappa shape index (κ2) is 24.9. The fourth-order valence-corrected chi connectivity index (χ4v) is 12.3. The van der Waals surface area contributed by atoms with E-state index in [0.29, 0.717) is 52.2 Å². The van der Waals surface area contributed by atoms with Gasteiger partial charge in [0, 0.05) is 79.9 Å². The summed E-state index contributed by atoms with van der Waals surface area (Å²) >= 11 is 4.73. The van der Waals surface area contributed by atoms with E-state index in [9.17, 15) is 27.6 Å². The van der Waals surface area contributed by atoms with E-state index in [4.69, 9.17) is 12.6 Å². The van der Waals surface area contributed by atoms with Crippen molar-refractivity contribution in [3.05, 3.63) is 113 Å². The molecule has 14 nitrogen and oxygen atoms in total. The number of nitrogens with one attached hydrogen (secondary N) is 3. The van der Waals surface area contributed by atoms with Gasteiger partial charge in [-0.25, -0.2) is 13.1 Å². The normalized spacial score (nSPS) is 18.7. The lowest BCUT2D eigenvalue weighted by atomic mass is 9.72. The summed E-state index contributed by atoms with van der Waals surface area (Å²) in [6, 6.07) is 16.5. The van der Waals surface area contributed by atoms with Crippen molar-refractivity contribution in [2.24, 2.45) is 5.41 Å². The quantitative estimate of drug-likeness (QED) is 0.0385. The zero-order valence-corrected chi connectivity index (χ0v) is 46.4. The number of benzene rings is 3.